The molecule has 0 spiro atoms. The molecule has 0 amide bonds. The van der Waals surface area contributed by atoms with Gasteiger partial charge in [-0.25, -0.2) is 14.4 Å². The summed E-state index contributed by atoms with van der Waals surface area (Å²) in [5.41, 5.74) is 2.12. The summed E-state index contributed by atoms with van der Waals surface area (Å²) in [5.74, 6) is 0.471. The molecular weight excluding hydrogens is 329 g/mol. The minimum Gasteiger partial charge on any atom is -0.424 e. The van der Waals surface area contributed by atoms with Gasteiger partial charge < -0.3 is 10.1 Å². The van der Waals surface area contributed by atoms with Gasteiger partial charge >= 0.3 is 6.01 Å². The van der Waals surface area contributed by atoms with Gasteiger partial charge in [0.2, 0.25) is 0 Å². The van der Waals surface area contributed by atoms with Crippen molar-refractivity contribution in [1.82, 2.24) is 15.3 Å². The van der Waals surface area contributed by atoms with Crippen LogP contribution in [0.3, 0.4) is 0 Å². The molecule has 3 rings (SSSR count). The highest BCUT2D eigenvalue weighted by Gasteiger charge is 2.01. The van der Waals surface area contributed by atoms with Gasteiger partial charge in [-0.1, -0.05) is 24.3 Å². The molecule has 0 aliphatic rings. The van der Waals surface area contributed by atoms with Gasteiger partial charge in [0, 0.05) is 25.5 Å². The molecular formula is C18H17ClFN3O. The largest absolute Gasteiger partial charge is 0.424 e. The van der Waals surface area contributed by atoms with Gasteiger partial charge in [-0.3, -0.25) is 0 Å². The molecule has 0 saturated carbocycles. The van der Waals surface area contributed by atoms with Crippen LogP contribution < -0.4 is 10.1 Å². The van der Waals surface area contributed by atoms with Gasteiger partial charge in [-0.05, 0) is 41.5 Å². The van der Waals surface area contributed by atoms with Crippen molar-refractivity contribution >= 4 is 12.4 Å². The van der Waals surface area contributed by atoms with Crippen LogP contribution in [0.4, 0.5) is 4.39 Å². The van der Waals surface area contributed by atoms with Crippen LogP contribution in [0, 0.1) is 5.82 Å². The number of rotatable bonds is 6. The predicted molar refractivity (Wildman–Crippen MR) is 92.7 cm³/mol. The summed E-state index contributed by atoms with van der Waals surface area (Å²) < 4.78 is 18.5. The van der Waals surface area contributed by atoms with Crippen molar-refractivity contribution in [3.63, 3.8) is 0 Å². The lowest BCUT2D eigenvalue weighted by Crippen LogP contribution is -2.12. The zero-order valence-corrected chi connectivity index (χ0v) is 13.7. The second-order valence-electron chi connectivity index (χ2n) is 5.01. The molecule has 0 radical (unpaired) electrons. The summed E-state index contributed by atoms with van der Waals surface area (Å²) in [5, 5.41) is 3.32. The minimum absolute atomic E-state index is 0. The molecule has 2 aromatic carbocycles. The first-order chi connectivity index (χ1) is 11.3. The highest BCUT2D eigenvalue weighted by molar-refractivity contribution is 5.85. The van der Waals surface area contributed by atoms with Crippen LogP contribution in [-0.4, -0.2) is 9.97 Å². The predicted octanol–water partition coefficient (Wildman–Crippen LogP) is 4.12. The first-order valence-electron chi connectivity index (χ1n) is 7.28. The first kappa shape index (κ1) is 17.8. The molecule has 0 saturated heterocycles. The van der Waals surface area contributed by atoms with Crippen LogP contribution in [0.1, 0.15) is 11.1 Å². The van der Waals surface area contributed by atoms with E-state index in [2.05, 4.69) is 15.3 Å². The number of ether oxygens (including phenoxy) is 1. The molecule has 124 valence electrons. The first-order valence-corrected chi connectivity index (χ1v) is 7.28. The van der Waals surface area contributed by atoms with Gasteiger partial charge in [-0.15, -0.1) is 12.4 Å². The van der Waals surface area contributed by atoms with Gasteiger partial charge in [0.05, 0.1) is 0 Å². The normalized spacial score (nSPS) is 10.0. The lowest BCUT2D eigenvalue weighted by Gasteiger charge is -2.08. The quantitative estimate of drug-likeness (QED) is 0.730. The van der Waals surface area contributed by atoms with E-state index in [1.54, 1.807) is 30.6 Å². The molecule has 1 aromatic heterocycles. The highest BCUT2D eigenvalue weighted by atomic mass is 35.5. The molecule has 0 unspecified atom stereocenters. The van der Waals surface area contributed by atoms with Crippen molar-refractivity contribution in [2.75, 3.05) is 0 Å². The molecule has 4 nitrogen and oxygen atoms in total. The van der Waals surface area contributed by atoms with Crippen molar-refractivity contribution in [1.29, 1.82) is 0 Å². The zero-order valence-electron chi connectivity index (χ0n) is 12.9. The Morgan fingerprint density at radius 3 is 2.33 bits per heavy atom. The van der Waals surface area contributed by atoms with Crippen LogP contribution >= 0.6 is 12.4 Å². The standard InChI is InChI=1S/C18H16FN3O.ClH/c19-16-7-5-14(6-8-16)12-20-13-15-3-1-4-17(11-15)23-18-21-9-2-10-22-18;/h1-11,20H,12-13H2;1H. The number of halogens is 2. The van der Waals surface area contributed by atoms with Crippen molar-refractivity contribution < 1.29 is 9.13 Å². The van der Waals surface area contributed by atoms with Crippen LogP contribution in [0.2, 0.25) is 0 Å². The number of aromatic nitrogens is 2. The second-order valence-corrected chi connectivity index (χ2v) is 5.01. The summed E-state index contributed by atoms with van der Waals surface area (Å²) in [6.07, 6.45) is 3.27. The van der Waals surface area contributed by atoms with Crippen molar-refractivity contribution in [2.45, 2.75) is 13.1 Å². The molecule has 3 aromatic rings. The third kappa shape index (κ3) is 5.30. The van der Waals surface area contributed by atoms with E-state index in [-0.39, 0.29) is 18.2 Å². The molecule has 0 bridgehead atoms. The maximum atomic E-state index is 12.9. The average molecular weight is 346 g/mol. The van der Waals surface area contributed by atoms with Crippen LogP contribution in [-0.2, 0) is 13.1 Å². The Morgan fingerprint density at radius 1 is 0.875 bits per heavy atom. The average Bonchev–Trinajstić information content (AvgIpc) is 2.58. The van der Waals surface area contributed by atoms with Crippen LogP contribution in [0.5, 0.6) is 11.8 Å². The Balaban J connectivity index is 0.00000208. The number of hydrogen-bond acceptors (Lipinski definition) is 4. The number of benzene rings is 2. The van der Waals surface area contributed by atoms with E-state index in [9.17, 15) is 4.39 Å². The molecule has 1 N–H and O–H groups in total. The summed E-state index contributed by atoms with van der Waals surface area (Å²) in [7, 11) is 0. The third-order valence-electron chi connectivity index (χ3n) is 3.22. The van der Waals surface area contributed by atoms with Crippen LogP contribution in [0.25, 0.3) is 0 Å². The molecule has 0 aliphatic heterocycles. The minimum atomic E-state index is -0.221. The van der Waals surface area contributed by atoms with E-state index < -0.39 is 0 Å². The van der Waals surface area contributed by atoms with E-state index in [0.717, 1.165) is 11.1 Å². The Bertz CT molecular complexity index is 754. The van der Waals surface area contributed by atoms with E-state index in [0.29, 0.717) is 24.8 Å². The second kappa shape index (κ2) is 8.96. The smallest absolute Gasteiger partial charge is 0.321 e. The Morgan fingerprint density at radius 2 is 1.58 bits per heavy atom. The highest BCUT2D eigenvalue weighted by Crippen LogP contribution is 2.18. The third-order valence-corrected chi connectivity index (χ3v) is 3.22. The molecule has 1 heterocycles. The number of hydrogen-bond donors (Lipinski definition) is 1. The van der Waals surface area contributed by atoms with Gasteiger partial charge in [0.25, 0.3) is 0 Å². The Labute approximate surface area is 146 Å². The van der Waals surface area contributed by atoms with E-state index >= 15 is 0 Å². The van der Waals surface area contributed by atoms with Gasteiger partial charge in [-0.2, -0.15) is 0 Å². The number of nitrogens with one attached hydrogen (secondary N) is 1. The summed E-state index contributed by atoms with van der Waals surface area (Å²) >= 11 is 0. The van der Waals surface area contributed by atoms with Crippen LogP contribution in [0.15, 0.2) is 67.0 Å². The summed E-state index contributed by atoms with van der Waals surface area (Å²) in [4.78, 5) is 8.07. The lowest BCUT2D eigenvalue weighted by atomic mass is 10.2. The fourth-order valence-electron chi connectivity index (χ4n) is 2.12. The van der Waals surface area contributed by atoms with Crippen molar-refractivity contribution in [2.24, 2.45) is 0 Å². The van der Waals surface area contributed by atoms with E-state index in [1.165, 1.54) is 12.1 Å². The van der Waals surface area contributed by atoms with Gasteiger partial charge in [0.1, 0.15) is 11.6 Å². The Kier molecular flexibility index (Phi) is 6.66. The van der Waals surface area contributed by atoms with Gasteiger partial charge in [0.15, 0.2) is 0 Å². The molecule has 24 heavy (non-hydrogen) atoms. The number of nitrogens with zero attached hydrogens (tertiary/aromatic N) is 2. The SMILES string of the molecule is Cl.Fc1ccc(CNCc2cccc(Oc3ncccn3)c2)cc1. The summed E-state index contributed by atoms with van der Waals surface area (Å²) in [6.45, 7) is 1.36. The topological polar surface area (TPSA) is 47.0 Å². The maximum Gasteiger partial charge on any atom is 0.321 e. The molecule has 0 aliphatic carbocycles. The zero-order chi connectivity index (χ0) is 15.9. The Hall–Kier alpha value is -2.50. The fourth-order valence-corrected chi connectivity index (χ4v) is 2.12. The van der Waals surface area contributed by atoms with Crippen molar-refractivity contribution in [3.8, 4) is 11.8 Å². The molecule has 0 atom stereocenters. The monoisotopic (exact) mass is 345 g/mol. The lowest BCUT2D eigenvalue weighted by molar-refractivity contribution is 0.441. The van der Waals surface area contributed by atoms with E-state index in [1.807, 2.05) is 24.3 Å². The fraction of sp³-hybridized carbons (Fsp3) is 0.111. The molecule has 6 heteroatoms. The molecule has 0 fully saturated rings. The summed E-state index contributed by atoms with van der Waals surface area (Å²) in [6, 6.07) is 16.3. The maximum absolute atomic E-state index is 12.9. The van der Waals surface area contributed by atoms with E-state index in [4.69, 9.17) is 4.74 Å². The van der Waals surface area contributed by atoms with Crippen molar-refractivity contribution in [3.05, 3.63) is 83.9 Å².